The molecule has 1 rings (SSSR count). The Morgan fingerprint density at radius 1 is 1.35 bits per heavy atom. The van der Waals surface area contributed by atoms with E-state index in [2.05, 4.69) is 10.6 Å². The van der Waals surface area contributed by atoms with E-state index in [0.717, 1.165) is 0 Å². The zero-order chi connectivity index (χ0) is 13.0. The minimum absolute atomic E-state index is 0.194. The average Bonchev–Trinajstić information content (AvgIpc) is 2.30. The minimum atomic E-state index is -1.000. The summed E-state index contributed by atoms with van der Waals surface area (Å²) in [6, 6.07) is 4.48. The summed E-state index contributed by atoms with van der Waals surface area (Å²) in [5, 5.41) is 14.4. The van der Waals surface area contributed by atoms with Gasteiger partial charge in [0.15, 0.2) is 0 Å². The summed E-state index contributed by atoms with van der Waals surface area (Å²) in [4.78, 5) is 22.5. The van der Waals surface area contributed by atoms with Crippen LogP contribution in [0.3, 0.4) is 0 Å². The normalized spacial score (nSPS) is 11.9. The van der Waals surface area contributed by atoms with Gasteiger partial charge in [0.25, 0.3) is 0 Å². The molecule has 0 saturated carbocycles. The topological polar surface area (TPSA) is 78.4 Å². The van der Waals surface area contributed by atoms with Crippen molar-refractivity contribution in [3.63, 3.8) is 0 Å². The second-order valence-corrected chi connectivity index (χ2v) is 3.83. The van der Waals surface area contributed by atoms with Gasteiger partial charge in [0.1, 0.15) is 0 Å². The standard InChI is InChI=1S/C12H16N2O3/c1-7-4-5-9(6-10(7)12(16)17)14-11(15)8(2)13-3/h4-6,8,13H,1-3H3,(H,14,15)(H,16,17). The van der Waals surface area contributed by atoms with Gasteiger partial charge in [0.2, 0.25) is 5.91 Å². The van der Waals surface area contributed by atoms with E-state index < -0.39 is 5.97 Å². The summed E-state index contributed by atoms with van der Waals surface area (Å²) in [6.07, 6.45) is 0. The molecule has 5 nitrogen and oxygen atoms in total. The highest BCUT2D eigenvalue weighted by Gasteiger charge is 2.12. The third kappa shape index (κ3) is 3.29. The number of aryl methyl sites for hydroxylation is 1. The Balaban J connectivity index is 2.90. The SMILES string of the molecule is CNC(C)C(=O)Nc1ccc(C)c(C(=O)O)c1. The van der Waals surface area contributed by atoms with Crippen molar-refractivity contribution in [2.75, 3.05) is 12.4 Å². The highest BCUT2D eigenvalue weighted by molar-refractivity contribution is 5.96. The third-order valence-electron chi connectivity index (χ3n) is 2.56. The van der Waals surface area contributed by atoms with Crippen LogP contribution in [0.5, 0.6) is 0 Å². The number of carboxylic acid groups (broad SMARTS) is 1. The smallest absolute Gasteiger partial charge is 0.336 e. The van der Waals surface area contributed by atoms with Gasteiger partial charge >= 0.3 is 5.97 Å². The van der Waals surface area contributed by atoms with Gasteiger partial charge in [0, 0.05) is 5.69 Å². The maximum absolute atomic E-state index is 11.6. The van der Waals surface area contributed by atoms with E-state index in [1.807, 2.05) is 0 Å². The van der Waals surface area contributed by atoms with Crippen LogP contribution in [0, 0.1) is 6.92 Å². The molecule has 0 aliphatic heterocycles. The van der Waals surface area contributed by atoms with E-state index in [-0.39, 0.29) is 17.5 Å². The van der Waals surface area contributed by atoms with Crippen molar-refractivity contribution in [2.45, 2.75) is 19.9 Å². The van der Waals surface area contributed by atoms with Crippen molar-refractivity contribution in [3.8, 4) is 0 Å². The summed E-state index contributed by atoms with van der Waals surface area (Å²) >= 11 is 0. The summed E-state index contributed by atoms with van der Waals surface area (Å²) < 4.78 is 0. The monoisotopic (exact) mass is 236 g/mol. The zero-order valence-corrected chi connectivity index (χ0v) is 10.1. The van der Waals surface area contributed by atoms with Gasteiger partial charge in [0.05, 0.1) is 11.6 Å². The number of rotatable bonds is 4. The molecule has 0 radical (unpaired) electrons. The van der Waals surface area contributed by atoms with Gasteiger partial charge < -0.3 is 15.7 Å². The van der Waals surface area contributed by atoms with E-state index >= 15 is 0 Å². The van der Waals surface area contributed by atoms with Crippen LogP contribution >= 0.6 is 0 Å². The van der Waals surface area contributed by atoms with Crippen LogP contribution in [-0.4, -0.2) is 30.1 Å². The number of nitrogens with one attached hydrogen (secondary N) is 2. The minimum Gasteiger partial charge on any atom is -0.478 e. The van der Waals surface area contributed by atoms with E-state index in [1.165, 1.54) is 6.07 Å². The summed E-state index contributed by atoms with van der Waals surface area (Å²) in [6.45, 7) is 3.44. The molecule has 0 bridgehead atoms. The lowest BCUT2D eigenvalue weighted by Crippen LogP contribution is -2.35. The van der Waals surface area contributed by atoms with E-state index in [1.54, 1.807) is 33.0 Å². The molecule has 92 valence electrons. The number of aromatic carboxylic acids is 1. The van der Waals surface area contributed by atoms with Crippen molar-refractivity contribution < 1.29 is 14.7 Å². The Morgan fingerprint density at radius 3 is 2.53 bits per heavy atom. The first-order valence-electron chi connectivity index (χ1n) is 5.27. The molecular weight excluding hydrogens is 220 g/mol. The molecule has 0 aliphatic carbocycles. The molecular formula is C12H16N2O3. The first kappa shape index (κ1) is 13.2. The second-order valence-electron chi connectivity index (χ2n) is 3.83. The number of carbonyl (C=O) groups is 2. The molecule has 1 unspecified atom stereocenters. The molecule has 1 aromatic rings. The molecule has 0 aromatic heterocycles. The maximum atomic E-state index is 11.6. The van der Waals surface area contributed by atoms with Crippen LogP contribution in [0.25, 0.3) is 0 Å². The molecule has 1 aromatic carbocycles. The largest absolute Gasteiger partial charge is 0.478 e. The molecule has 0 aliphatic rings. The van der Waals surface area contributed by atoms with Gasteiger partial charge in [-0.2, -0.15) is 0 Å². The fourth-order valence-corrected chi connectivity index (χ4v) is 1.31. The van der Waals surface area contributed by atoms with Crippen molar-refractivity contribution in [2.24, 2.45) is 0 Å². The van der Waals surface area contributed by atoms with Crippen LogP contribution in [0.4, 0.5) is 5.69 Å². The Hall–Kier alpha value is -1.88. The van der Waals surface area contributed by atoms with Crippen molar-refractivity contribution in [1.82, 2.24) is 5.32 Å². The highest BCUT2D eigenvalue weighted by Crippen LogP contribution is 2.15. The third-order valence-corrected chi connectivity index (χ3v) is 2.56. The van der Waals surface area contributed by atoms with Gasteiger partial charge in [-0.25, -0.2) is 4.79 Å². The number of amides is 1. The summed E-state index contributed by atoms with van der Waals surface area (Å²) in [7, 11) is 1.68. The number of likely N-dealkylation sites (N-methyl/N-ethyl adjacent to an activating group) is 1. The van der Waals surface area contributed by atoms with Crippen molar-refractivity contribution in [1.29, 1.82) is 0 Å². The molecule has 0 saturated heterocycles. The molecule has 17 heavy (non-hydrogen) atoms. The molecule has 0 fully saturated rings. The first-order valence-corrected chi connectivity index (χ1v) is 5.27. The summed E-state index contributed by atoms with van der Waals surface area (Å²) in [5.74, 6) is -1.20. The summed E-state index contributed by atoms with van der Waals surface area (Å²) in [5.41, 5.74) is 1.34. The maximum Gasteiger partial charge on any atom is 0.336 e. The van der Waals surface area contributed by atoms with Crippen LogP contribution in [0.1, 0.15) is 22.8 Å². The Morgan fingerprint density at radius 2 is 2.00 bits per heavy atom. The van der Waals surface area contributed by atoms with Crippen LogP contribution < -0.4 is 10.6 Å². The molecule has 5 heteroatoms. The Labute approximate surface area is 99.8 Å². The number of carbonyl (C=O) groups excluding carboxylic acids is 1. The van der Waals surface area contributed by atoms with Gasteiger partial charge in [-0.3, -0.25) is 4.79 Å². The molecule has 0 spiro atoms. The number of carboxylic acids is 1. The second kappa shape index (κ2) is 5.45. The fraction of sp³-hybridized carbons (Fsp3) is 0.333. The molecule has 3 N–H and O–H groups in total. The van der Waals surface area contributed by atoms with E-state index in [9.17, 15) is 9.59 Å². The van der Waals surface area contributed by atoms with Crippen molar-refractivity contribution in [3.05, 3.63) is 29.3 Å². The highest BCUT2D eigenvalue weighted by atomic mass is 16.4. The lowest BCUT2D eigenvalue weighted by atomic mass is 10.1. The predicted octanol–water partition coefficient (Wildman–Crippen LogP) is 1.24. The Bertz CT molecular complexity index is 443. The quantitative estimate of drug-likeness (QED) is 0.735. The number of hydrogen-bond acceptors (Lipinski definition) is 3. The van der Waals surface area contributed by atoms with Crippen LogP contribution in [0.15, 0.2) is 18.2 Å². The zero-order valence-electron chi connectivity index (χ0n) is 10.1. The lowest BCUT2D eigenvalue weighted by molar-refractivity contribution is -0.117. The van der Waals surface area contributed by atoms with Crippen molar-refractivity contribution >= 4 is 17.6 Å². The van der Waals surface area contributed by atoms with E-state index in [4.69, 9.17) is 5.11 Å². The number of anilines is 1. The lowest BCUT2D eigenvalue weighted by Gasteiger charge is -2.12. The molecule has 1 atom stereocenters. The van der Waals surface area contributed by atoms with Crippen LogP contribution in [0.2, 0.25) is 0 Å². The fourth-order valence-electron chi connectivity index (χ4n) is 1.31. The van der Waals surface area contributed by atoms with E-state index in [0.29, 0.717) is 11.3 Å². The first-order chi connectivity index (χ1) is 7.95. The number of hydrogen-bond donors (Lipinski definition) is 3. The van der Waals surface area contributed by atoms with Gasteiger partial charge in [-0.15, -0.1) is 0 Å². The van der Waals surface area contributed by atoms with Gasteiger partial charge in [-0.05, 0) is 38.6 Å². The molecule has 0 heterocycles. The number of benzene rings is 1. The predicted molar refractivity (Wildman–Crippen MR) is 65.3 cm³/mol. The van der Waals surface area contributed by atoms with Gasteiger partial charge in [-0.1, -0.05) is 6.07 Å². The molecule has 1 amide bonds. The average molecular weight is 236 g/mol. The van der Waals surface area contributed by atoms with Crippen LogP contribution in [-0.2, 0) is 4.79 Å². The Kier molecular flexibility index (Phi) is 4.23.